The molecule has 60 heavy (non-hydrogen) atoms. The van der Waals surface area contributed by atoms with Gasteiger partial charge >= 0.3 is 373 Å². The van der Waals surface area contributed by atoms with Crippen LogP contribution in [-0.2, 0) is 29.2 Å². The molecule has 1 heterocycles. The Morgan fingerprint density at radius 2 is 0.950 bits per heavy atom. The van der Waals surface area contributed by atoms with Gasteiger partial charge in [-0.05, 0) is 0 Å². The maximum absolute atomic E-state index is 9.54. The number of fused-ring (bicyclic) bond motifs is 5. The fourth-order valence-electron chi connectivity index (χ4n) is 11.4. The second-order valence-electron chi connectivity index (χ2n) is 19.9. The quantitative estimate of drug-likeness (QED) is 0.140. The normalized spacial score (nSPS) is 18.0. The van der Waals surface area contributed by atoms with Crippen molar-refractivity contribution in [2.24, 2.45) is 10.8 Å². The third kappa shape index (κ3) is 6.28. The van der Waals surface area contributed by atoms with Crippen molar-refractivity contribution in [3.05, 3.63) is 171 Å². The number of benzene rings is 6. The number of hydrogen-bond acceptors (Lipinski definition) is 0. The topological polar surface area (TPSA) is 0 Å². The average Bonchev–Trinajstić information content (AvgIpc) is 3.94. The molecule has 1 aliphatic heterocycles. The van der Waals surface area contributed by atoms with E-state index in [0.29, 0.717) is 0 Å². The summed E-state index contributed by atoms with van der Waals surface area (Å²) in [6.45, 7) is 23.4. The van der Waals surface area contributed by atoms with Crippen molar-refractivity contribution in [3.63, 3.8) is 0 Å². The van der Waals surface area contributed by atoms with Crippen molar-refractivity contribution in [1.29, 1.82) is 0 Å². The molecular weight excluding hydrogens is 863 g/mol. The molecule has 9 rings (SSSR count). The molecule has 0 spiro atoms. The van der Waals surface area contributed by atoms with E-state index >= 15 is 0 Å². The van der Waals surface area contributed by atoms with Gasteiger partial charge in [-0.15, -0.1) is 0 Å². The Hall–Kier alpha value is -3.52. The summed E-state index contributed by atoms with van der Waals surface area (Å²) in [5, 5.41) is 2.96. The van der Waals surface area contributed by atoms with Gasteiger partial charge < -0.3 is 0 Å². The molecule has 3 aliphatic rings. The fourth-order valence-corrected chi connectivity index (χ4v) is 39.8. The summed E-state index contributed by atoms with van der Waals surface area (Å²) in [6, 6.07) is 43.7. The second kappa shape index (κ2) is 14.8. The Bertz CT molecular complexity index is 2670. The van der Waals surface area contributed by atoms with Crippen LogP contribution in [0.5, 0.6) is 0 Å². The minimum absolute atomic E-state index is 0.155. The number of allylic oxidation sites excluding steroid dienone is 2. The molecular formula is C56H59Cl2SiZr. The predicted octanol–water partition coefficient (Wildman–Crippen LogP) is 13.9. The molecule has 0 nitrogen and oxygen atoms in total. The molecule has 0 fully saturated rings. The van der Waals surface area contributed by atoms with Crippen molar-refractivity contribution in [2.45, 2.75) is 89.3 Å². The van der Waals surface area contributed by atoms with Crippen molar-refractivity contribution >= 4 is 52.3 Å². The van der Waals surface area contributed by atoms with Crippen LogP contribution < -0.4 is 13.6 Å². The van der Waals surface area contributed by atoms with E-state index in [4.69, 9.17) is 0 Å². The Morgan fingerprint density at radius 1 is 0.517 bits per heavy atom. The molecule has 0 amide bonds. The van der Waals surface area contributed by atoms with Crippen LogP contribution in [0.1, 0.15) is 107 Å². The summed E-state index contributed by atoms with van der Waals surface area (Å²) in [6.07, 6.45) is 7.01. The molecule has 2 aliphatic carbocycles. The van der Waals surface area contributed by atoms with Gasteiger partial charge in [-0.3, -0.25) is 0 Å². The zero-order valence-corrected chi connectivity index (χ0v) is 42.5. The van der Waals surface area contributed by atoms with Crippen LogP contribution in [0.4, 0.5) is 0 Å². The third-order valence-electron chi connectivity index (χ3n) is 14.3. The molecule has 2 atom stereocenters. The molecule has 0 N–H and O–H groups in total. The molecule has 0 saturated carbocycles. The van der Waals surface area contributed by atoms with Gasteiger partial charge in [0.15, 0.2) is 0 Å². The second-order valence-corrected chi connectivity index (χ2v) is 42.4. The summed E-state index contributed by atoms with van der Waals surface area (Å²) in [7, 11) is 18.2. The summed E-state index contributed by atoms with van der Waals surface area (Å²) < 4.78 is 0.976. The molecule has 0 radical (unpaired) electrons. The van der Waals surface area contributed by atoms with Gasteiger partial charge in [-0.2, -0.15) is 0 Å². The van der Waals surface area contributed by atoms with Crippen molar-refractivity contribution in [2.75, 3.05) is 0 Å². The van der Waals surface area contributed by atoms with Crippen LogP contribution in [0.3, 0.4) is 0 Å². The number of rotatable bonds is 7. The first-order valence-electron chi connectivity index (χ1n) is 22.1. The van der Waals surface area contributed by atoms with E-state index in [-0.39, 0.29) is 18.1 Å². The molecule has 305 valence electrons. The Morgan fingerprint density at radius 3 is 1.40 bits per heavy atom. The Balaban J connectivity index is 1.45. The summed E-state index contributed by atoms with van der Waals surface area (Å²) in [5.41, 5.74) is 20.9. The molecule has 4 heteroatoms. The van der Waals surface area contributed by atoms with Gasteiger partial charge in [0, 0.05) is 0 Å². The predicted molar refractivity (Wildman–Crippen MR) is 263 cm³/mol. The van der Waals surface area contributed by atoms with E-state index in [1.54, 1.807) is 0 Å². The van der Waals surface area contributed by atoms with Crippen LogP contribution in [0.25, 0.3) is 45.5 Å². The average molecular weight is 922 g/mol. The standard InChI is InChI=1S/2C22H25.C12H9Si.2ClH.Zr/c2*1-6-16-11-12-17-13-18(22(3,4)5)14-20(17)21(16)19-10-8-7-9-15(19)2;1-3-7-11-9(5-1)10-6-2-4-8-12(10)13-11;;;/h2*7-14H,6H2,1-5H3;1-7H,13H2;2*1H;/q;;;;;+2/p-2. The molecule has 6 aromatic carbocycles. The fraction of sp³-hybridized carbons (Fsp3) is 0.286. The van der Waals surface area contributed by atoms with Crippen molar-refractivity contribution < 1.29 is 16.4 Å². The molecule has 0 aromatic heterocycles. The van der Waals surface area contributed by atoms with Crippen LogP contribution >= 0.6 is 17.0 Å². The van der Waals surface area contributed by atoms with Gasteiger partial charge in [-0.25, -0.2) is 0 Å². The van der Waals surface area contributed by atoms with Gasteiger partial charge in [-0.1, -0.05) is 0 Å². The first kappa shape index (κ1) is 41.8. The summed E-state index contributed by atoms with van der Waals surface area (Å²) in [4.78, 5) is 0. The van der Waals surface area contributed by atoms with Crippen LogP contribution in [0.2, 0.25) is 0 Å². The number of aryl methyl sites for hydroxylation is 4. The van der Waals surface area contributed by atoms with Crippen LogP contribution in [-0.4, -0.2) is 9.52 Å². The first-order chi connectivity index (χ1) is 28.5. The summed E-state index contributed by atoms with van der Waals surface area (Å²) >= 11 is -5.80. The van der Waals surface area contributed by atoms with E-state index in [1.807, 2.05) is 0 Å². The van der Waals surface area contributed by atoms with E-state index in [1.165, 1.54) is 103 Å². The first-order valence-corrected chi connectivity index (χ1v) is 34.0. The Kier molecular flexibility index (Phi) is 10.3. The number of hydrogen-bond donors (Lipinski definition) is 0. The van der Waals surface area contributed by atoms with Crippen molar-refractivity contribution in [1.82, 2.24) is 0 Å². The van der Waals surface area contributed by atoms with E-state index < -0.39 is 25.9 Å². The molecule has 0 bridgehead atoms. The third-order valence-corrected chi connectivity index (χ3v) is 36.8. The molecule has 0 saturated heterocycles. The Labute approximate surface area is 370 Å². The van der Waals surface area contributed by atoms with Gasteiger partial charge in [0.25, 0.3) is 0 Å². The molecule has 6 aromatic rings. The zero-order chi connectivity index (χ0) is 42.5. The van der Waals surface area contributed by atoms with Crippen molar-refractivity contribution in [3.8, 4) is 33.4 Å². The van der Waals surface area contributed by atoms with E-state index in [9.17, 15) is 17.0 Å². The van der Waals surface area contributed by atoms with Gasteiger partial charge in [0.1, 0.15) is 0 Å². The van der Waals surface area contributed by atoms with E-state index in [0.717, 1.165) is 12.8 Å². The van der Waals surface area contributed by atoms with E-state index in [2.05, 4.69) is 197 Å². The zero-order valence-electron chi connectivity index (χ0n) is 37.2. The van der Waals surface area contributed by atoms with Gasteiger partial charge in [0.2, 0.25) is 0 Å². The number of halogens is 2. The SMILES string of the molecule is CCc1ccc2c(c1-c1ccccc1C)C=C(C(C)(C)C)[CH]2[Zr]([Cl])([Cl])([c]1cccc2c1[SiH2]c1ccccc1-2)[CH]1C(C(C)(C)C)=Cc2c1ccc(CC)c2-c1ccccc1C. The van der Waals surface area contributed by atoms with Crippen LogP contribution in [0, 0.1) is 24.7 Å². The molecule has 2 unspecified atom stereocenters. The van der Waals surface area contributed by atoms with Gasteiger partial charge in [0.05, 0.1) is 0 Å². The monoisotopic (exact) mass is 919 g/mol. The van der Waals surface area contributed by atoms with Crippen LogP contribution in [0.15, 0.2) is 126 Å². The minimum atomic E-state index is -5.80. The maximum atomic E-state index is 9.54. The summed E-state index contributed by atoms with van der Waals surface area (Å²) in [5.74, 6) is 0.